The highest BCUT2D eigenvalue weighted by molar-refractivity contribution is 5.83. The van der Waals surface area contributed by atoms with Crippen molar-refractivity contribution in [2.75, 3.05) is 14.2 Å². The van der Waals surface area contributed by atoms with Gasteiger partial charge in [0.1, 0.15) is 23.6 Å². The van der Waals surface area contributed by atoms with Gasteiger partial charge in [-0.3, -0.25) is 14.5 Å². The largest absolute Gasteiger partial charge is 0.459 e. The number of Topliss-reactive ketones (excluding diaryl/α,β-unsaturated/α-hetero) is 1. The first-order chi connectivity index (χ1) is 22.8. The molecule has 10 heteroatoms. The molecule has 0 aromatic heterocycles. The summed E-state index contributed by atoms with van der Waals surface area (Å²) in [4.78, 5) is 29.5. The highest BCUT2D eigenvalue weighted by Gasteiger charge is 2.51. The third-order valence-corrected chi connectivity index (χ3v) is 11.5. The van der Waals surface area contributed by atoms with Crippen LogP contribution in [0.2, 0.25) is 0 Å². The summed E-state index contributed by atoms with van der Waals surface area (Å²) in [6, 6.07) is 7.46. The van der Waals surface area contributed by atoms with Gasteiger partial charge < -0.3 is 34.3 Å². The van der Waals surface area contributed by atoms with Crippen molar-refractivity contribution in [1.29, 1.82) is 0 Å². The van der Waals surface area contributed by atoms with Gasteiger partial charge in [-0.2, -0.15) is 0 Å². The van der Waals surface area contributed by atoms with Crippen LogP contribution < -0.4 is 0 Å². The van der Waals surface area contributed by atoms with E-state index in [0.717, 1.165) is 11.1 Å². The zero-order chi connectivity index (χ0) is 37.0. The Morgan fingerprint density at radius 1 is 1.02 bits per heavy atom. The number of aliphatic hydroxyl groups excluding tert-OH is 2. The second-order valence-corrected chi connectivity index (χ2v) is 15.2. The Labute approximate surface area is 293 Å². The van der Waals surface area contributed by atoms with Crippen LogP contribution in [-0.2, 0) is 35.1 Å². The van der Waals surface area contributed by atoms with E-state index in [0.29, 0.717) is 13.0 Å². The Bertz CT molecular complexity index is 1290. The quantitative estimate of drug-likeness (QED) is 0.281. The molecule has 3 N–H and O–H groups in total. The van der Waals surface area contributed by atoms with Crippen LogP contribution in [-0.4, -0.2) is 100 Å². The Kier molecular flexibility index (Phi) is 14.1. The monoisotopic (exact) mass is 687 g/mol. The van der Waals surface area contributed by atoms with Crippen LogP contribution in [0.4, 0.5) is 0 Å². The number of methoxy groups -OCH3 is 1. The number of cyclic esters (lactones) is 1. The van der Waals surface area contributed by atoms with E-state index in [2.05, 4.69) is 10.8 Å². The zero-order valence-electron chi connectivity index (χ0n) is 31.4. The number of ether oxygens (including phenoxy) is 4. The van der Waals surface area contributed by atoms with Gasteiger partial charge in [0.15, 0.2) is 6.29 Å². The minimum absolute atomic E-state index is 0.217. The molecule has 0 spiro atoms. The maximum atomic E-state index is 13.8. The minimum Gasteiger partial charge on any atom is -0.459 e. The number of likely N-dealkylation sites (N-methyl/N-ethyl adjacent to an activating group) is 1. The van der Waals surface area contributed by atoms with Crippen molar-refractivity contribution in [3.05, 3.63) is 35.4 Å². The fraction of sp³-hybridized carbons (Fsp3) is 0.744. The standard InChI is InChI=1S/C39H61NO9/c1-13-28-15-17-29(18-16-28)21-40(11)30-19-23(4)47-37(33(30)42)49-35-25(6)24(5)26(7)36(44)48-31(14-2)39(10,45)34(43)27(8)32(41)22(3)20-38(35,9)46-12/h1,15-18,22-27,30-31,33-35,37,42-43,45H,14,19-21H2,2-12H3/t22-,23-,24-,25+,26-,27+,30+,31-,33+,34-,35+,37+,38-,39-/m1/s1. The molecule has 2 aliphatic heterocycles. The summed E-state index contributed by atoms with van der Waals surface area (Å²) in [5.41, 5.74) is -1.08. The zero-order valence-corrected chi connectivity index (χ0v) is 31.4. The van der Waals surface area contributed by atoms with Crippen LogP contribution in [0, 0.1) is 41.9 Å². The predicted octanol–water partition coefficient (Wildman–Crippen LogP) is 4.34. The number of hydrogen-bond acceptors (Lipinski definition) is 10. The Balaban J connectivity index is 2.00. The molecule has 10 nitrogen and oxygen atoms in total. The number of hydrogen-bond donors (Lipinski definition) is 3. The maximum Gasteiger partial charge on any atom is 0.309 e. The summed E-state index contributed by atoms with van der Waals surface area (Å²) >= 11 is 0. The number of carbonyl (C=O) groups is 2. The van der Waals surface area contributed by atoms with Crippen LogP contribution in [0.25, 0.3) is 0 Å². The van der Waals surface area contributed by atoms with Crippen LogP contribution in [0.1, 0.15) is 92.7 Å². The van der Waals surface area contributed by atoms with Gasteiger partial charge in [0.2, 0.25) is 0 Å². The molecule has 0 radical (unpaired) electrons. The SMILES string of the molecule is C#Cc1ccc(CN(C)[C@H]2C[C@@H](C)O[C@@H](O[C@H]3[C@@H](C)[C@@H](C)[C@@H](C)C(=O)O[C@H](CC)[C@@](C)(O)[C@H](O)[C@@H](C)C(=O)[C@H](C)C[C@@]3(C)OC)[C@H]2O)cc1. The average molecular weight is 688 g/mol. The topological polar surface area (TPSA) is 135 Å². The Hall–Kier alpha value is -2.36. The molecule has 3 rings (SSSR count). The van der Waals surface area contributed by atoms with Gasteiger partial charge in [-0.15, -0.1) is 6.42 Å². The Morgan fingerprint density at radius 3 is 2.18 bits per heavy atom. The van der Waals surface area contributed by atoms with Crippen molar-refractivity contribution in [2.24, 2.45) is 29.6 Å². The number of rotatable bonds is 7. The third-order valence-electron chi connectivity index (χ3n) is 11.5. The number of terminal acetylenes is 1. The summed E-state index contributed by atoms with van der Waals surface area (Å²) in [6.07, 6.45) is 1.04. The predicted molar refractivity (Wildman–Crippen MR) is 187 cm³/mol. The van der Waals surface area contributed by atoms with Gasteiger partial charge in [-0.05, 0) is 76.6 Å². The molecule has 276 valence electrons. The average Bonchev–Trinajstić information content (AvgIpc) is 3.08. The molecule has 1 aromatic carbocycles. The minimum atomic E-state index is -1.85. The first-order valence-electron chi connectivity index (χ1n) is 17.8. The van der Waals surface area contributed by atoms with E-state index in [4.69, 9.17) is 25.4 Å². The van der Waals surface area contributed by atoms with E-state index >= 15 is 0 Å². The lowest BCUT2D eigenvalue weighted by Gasteiger charge is -2.48. The third kappa shape index (κ3) is 9.12. The first-order valence-corrected chi connectivity index (χ1v) is 17.8. The molecule has 2 aliphatic rings. The summed E-state index contributed by atoms with van der Waals surface area (Å²) in [7, 11) is 3.52. The normalized spacial score (nSPS) is 41.5. The van der Waals surface area contributed by atoms with Crippen LogP contribution >= 0.6 is 0 Å². The maximum absolute atomic E-state index is 13.8. The van der Waals surface area contributed by atoms with Gasteiger partial charge in [0, 0.05) is 37.1 Å². The number of aliphatic hydroxyl groups is 3. The van der Waals surface area contributed by atoms with Crippen molar-refractivity contribution in [3.8, 4) is 12.3 Å². The van der Waals surface area contributed by atoms with Gasteiger partial charge in [0.25, 0.3) is 0 Å². The summed E-state index contributed by atoms with van der Waals surface area (Å²) in [5, 5.41) is 34.5. The van der Waals surface area contributed by atoms with Gasteiger partial charge in [-0.1, -0.05) is 59.6 Å². The van der Waals surface area contributed by atoms with E-state index in [-0.39, 0.29) is 42.6 Å². The summed E-state index contributed by atoms with van der Waals surface area (Å²) < 4.78 is 25.1. The number of carbonyl (C=O) groups excluding carboxylic acids is 2. The first kappa shape index (κ1) is 41.1. The smallest absolute Gasteiger partial charge is 0.309 e. The molecule has 0 bridgehead atoms. The van der Waals surface area contributed by atoms with Gasteiger partial charge in [-0.25, -0.2) is 0 Å². The molecule has 14 atom stereocenters. The molecule has 2 fully saturated rings. The van der Waals surface area contributed by atoms with E-state index < -0.39 is 65.6 Å². The molecule has 0 saturated carbocycles. The lowest BCUT2D eigenvalue weighted by Crippen LogP contribution is -2.60. The van der Waals surface area contributed by atoms with Crippen LogP contribution in [0.15, 0.2) is 24.3 Å². The molecule has 49 heavy (non-hydrogen) atoms. The summed E-state index contributed by atoms with van der Waals surface area (Å²) in [6.45, 7) is 16.6. The molecular weight excluding hydrogens is 626 g/mol. The number of benzene rings is 1. The van der Waals surface area contributed by atoms with Crippen molar-refractivity contribution in [3.63, 3.8) is 0 Å². The van der Waals surface area contributed by atoms with E-state index in [1.54, 1.807) is 34.8 Å². The van der Waals surface area contributed by atoms with Crippen molar-refractivity contribution < 1.29 is 43.9 Å². The second kappa shape index (κ2) is 16.8. The fourth-order valence-corrected chi connectivity index (χ4v) is 7.79. The van der Waals surface area contributed by atoms with Crippen LogP contribution in [0.5, 0.6) is 0 Å². The molecule has 1 aromatic rings. The molecule has 2 saturated heterocycles. The summed E-state index contributed by atoms with van der Waals surface area (Å²) in [5.74, 6) is -1.01. The number of ketones is 1. The van der Waals surface area contributed by atoms with E-state index in [9.17, 15) is 24.9 Å². The van der Waals surface area contributed by atoms with Crippen molar-refractivity contribution in [1.82, 2.24) is 4.90 Å². The van der Waals surface area contributed by atoms with Crippen molar-refractivity contribution >= 4 is 11.8 Å². The van der Waals surface area contributed by atoms with Crippen molar-refractivity contribution in [2.45, 2.75) is 142 Å². The molecule has 0 aliphatic carbocycles. The second-order valence-electron chi connectivity index (χ2n) is 15.2. The highest BCUT2D eigenvalue weighted by Crippen LogP contribution is 2.41. The van der Waals surface area contributed by atoms with Gasteiger partial charge in [0.05, 0.1) is 29.8 Å². The number of esters is 1. The molecule has 0 amide bonds. The lowest BCUT2D eigenvalue weighted by atomic mass is 9.72. The molecule has 0 unspecified atom stereocenters. The van der Waals surface area contributed by atoms with E-state index in [1.807, 2.05) is 59.0 Å². The Morgan fingerprint density at radius 2 is 1.63 bits per heavy atom. The van der Waals surface area contributed by atoms with Crippen LogP contribution in [0.3, 0.4) is 0 Å². The van der Waals surface area contributed by atoms with Gasteiger partial charge >= 0.3 is 5.97 Å². The molecule has 2 heterocycles. The fourth-order valence-electron chi connectivity index (χ4n) is 7.79. The number of nitrogens with zero attached hydrogens (tertiary/aromatic N) is 1. The lowest BCUT2D eigenvalue weighted by molar-refractivity contribution is -0.300. The molecular formula is C39H61NO9. The van der Waals surface area contributed by atoms with E-state index in [1.165, 1.54) is 6.92 Å². The highest BCUT2D eigenvalue weighted by atomic mass is 16.7.